The first-order chi connectivity index (χ1) is 15.1. The lowest BCUT2D eigenvalue weighted by molar-refractivity contribution is 0.0695. The van der Waals surface area contributed by atoms with Crippen molar-refractivity contribution in [1.82, 2.24) is 0 Å². The van der Waals surface area contributed by atoms with Gasteiger partial charge in [0.25, 0.3) is 0 Å². The average Bonchev–Trinajstić information content (AvgIpc) is 3.30. The van der Waals surface area contributed by atoms with E-state index >= 15 is 0 Å². The molecule has 2 nitrogen and oxygen atoms in total. The van der Waals surface area contributed by atoms with Crippen LogP contribution < -0.4 is 15.9 Å². The molecular formula is C28H31O2P. The topological polar surface area (TPSA) is 18.5 Å². The van der Waals surface area contributed by atoms with Crippen LogP contribution in [0.1, 0.15) is 48.3 Å². The Bertz CT molecular complexity index is 1010. The van der Waals surface area contributed by atoms with E-state index in [1.54, 1.807) is 0 Å². The smallest absolute Gasteiger partial charge is 0.0852 e. The van der Waals surface area contributed by atoms with Crippen LogP contribution in [0.4, 0.5) is 0 Å². The maximum Gasteiger partial charge on any atom is 0.0852 e. The molecule has 0 radical (unpaired) electrons. The Labute approximate surface area is 187 Å². The second-order valence-electron chi connectivity index (χ2n) is 9.04. The van der Waals surface area contributed by atoms with E-state index in [0.29, 0.717) is 11.8 Å². The molecule has 4 unspecified atom stereocenters. The number of fused-ring (bicyclic) bond motifs is 2. The zero-order valence-corrected chi connectivity index (χ0v) is 19.7. The first-order valence-electron chi connectivity index (χ1n) is 11.3. The summed E-state index contributed by atoms with van der Waals surface area (Å²) in [6, 6.07) is 24.8. The number of ether oxygens (including phenoxy) is 2. The van der Waals surface area contributed by atoms with Crippen molar-refractivity contribution < 1.29 is 9.47 Å². The van der Waals surface area contributed by atoms with E-state index in [1.807, 2.05) is 14.2 Å². The fourth-order valence-electron chi connectivity index (χ4n) is 5.76. The molecule has 0 fully saturated rings. The fourth-order valence-corrected chi connectivity index (χ4v) is 8.49. The highest BCUT2D eigenvalue weighted by Gasteiger charge is 2.36. The van der Waals surface area contributed by atoms with Crippen LogP contribution in [-0.4, -0.2) is 14.2 Å². The Morgan fingerprint density at radius 3 is 1.58 bits per heavy atom. The second-order valence-corrected chi connectivity index (χ2v) is 11.2. The van der Waals surface area contributed by atoms with Crippen LogP contribution in [0.5, 0.6) is 0 Å². The largest absolute Gasteiger partial charge is 0.376 e. The summed E-state index contributed by atoms with van der Waals surface area (Å²) in [4.78, 5) is 0. The molecule has 0 amide bonds. The molecule has 3 aromatic carbocycles. The molecule has 2 aliphatic carbocycles. The maximum absolute atomic E-state index is 5.90. The Morgan fingerprint density at radius 2 is 1.13 bits per heavy atom. The third-order valence-electron chi connectivity index (χ3n) is 7.08. The van der Waals surface area contributed by atoms with Gasteiger partial charge in [0, 0.05) is 14.2 Å². The molecule has 160 valence electrons. The van der Waals surface area contributed by atoms with Gasteiger partial charge in [0.1, 0.15) is 0 Å². The highest BCUT2D eigenvalue weighted by atomic mass is 31.1. The van der Waals surface area contributed by atoms with Crippen LogP contribution >= 0.6 is 7.92 Å². The molecule has 31 heavy (non-hydrogen) atoms. The molecule has 3 heteroatoms. The van der Waals surface area contributed by atoms with E-state index in [2.05, 4.69) is 80.6 Å². The van der Waals surface area contributed by atoms with Gasteiger partial charge in [-0.1, -0.05) is 80.6 Å². The van der Waals surface area contributed by atoms with Gasteiger partial charge in [0.2, 0.25) is 0 Å². The van der Waals surface area contributed by atoms with Crippen LogP contribution in [0.2, 0.25) is 0 Å². The van der Waals surface area contributed by atoms with E-state index in [9.17, 15) is 0 Å². The predicted molar refractivity (Wildman–Crippen MR) is 130 cm³/mol. The highest BCUT2D eigenvalue weighted by Crippen LogP contribution is 2.46. The summed E-state index contributed by atoms with van der Waals surface area (Å²) in [6.45, 7) is 4.63. The minimum absolute atomic E-state index is 0.196. The molecule has 2 aliphatic rings. The highest BCUT2D eigenvalue weighted by molar-refractivity contribution is 7.80. The minimum atomic E-state index is -0.649. The molecule has 0 saturated carbocycles. The zero-order valence-electron chi connectivity index (χ0n) is 18.8. The number of benzene rings is 3. The molecule has 4 atom stereocenters. The average molecular weight is 431 g/mol. The molecule has 5 rings (SSSR count). The third kappa shape index (κ3) is 3.46. The molecular weight excluding hydrogens is 399 g/mol. The SMILES string of the molecule is COC1c2cccc(P(c3ccccc3)c3cccc4c3CC(C)C4OC)c2CC1C. The van der Waals surface area contributed by atoms with Crippen molar-refractivity contribution in [3.8, 4) is 0 Å². The van der Waals surface area contributed by atoms with Gasteiger partial charge in [0.05, 0.1) is 12.2 Å². The van der Waals surface area contributed by atoms with Gasteiger partial charge in [0.15, 0.2) is 0 Å². The van der Waals surface area contributed by atoms with E-state index in [4.69, 9.17) is 9.47 Å². The predicted octanol–water partition coefficient (Wildman–Crippen LogP) is 5.20. The molecule has 0 aliphatic heterocycles. The molecule has 0 bridgehead atoms. The van der Waals surface area contributed by atoms with Crippen molar-refractivity contribution in [2.75, 3.05) is 14.2 Å². The minimum Gasteiger partial charge on any atom is -0.376 e. The molecule has 0 heterocycles. The van der Waals surface area contributed by atoms with Crippen LogP contribution in [0, 0.1) is 11.8 Å². The van der Waals surface area contributed by atoms with Crippen LogP contribution in [-0.2, 0) is 22.3 Å². The van der Waals surface area contributed by atoms with E-state index in [0.717, 1.165) is 12.8 Å². The lowest BCUT2D eigenvalue weighted by atomic mass is 10.1. The van der Waals surface area contributed by atoms with Crippen molar-refractivity contribution in [2.24, 2.45) is 11.8 Å². The van der Waals surface area contributed by atoms with Crippen molar-refractivity contribution in [3.63, 3.8) is 0 Å². The Morgan fingerprint density at radius 1 is 0.645 bits per heavy atom. The fraction of sp³-hybridized carbons (Fsp3) is 0.357. The summed E-state index contributed by atoms with van der Waals surface area (Å²) in [5.41, 5.74) is 5.77. The Kier molecular flexibility index (Phi) is 5.73. The van der Waals surface area contributed by atoms with Gasteiger partial charge in [-0.05, 0) is 70.8 Å². The maximum atomic E-state index is 5.90. The summed E-state index contributed by atoms with van der Waals surface area (Å²) in [7, 11) is 3.04. The number of methoxy groups -OCH3 is 2. The van der Waals surface area contributed by atoms with Gasteiger partial charge >= 0.3 is 0 Å². The first kappa shape index (κ1) is 20.9. The molecule has 0 saturated heterocycles. The zero-order chi connectivity index (χ0) is 21.5. The molecule has 0 aromatic heterocycles. The van der Waals surface area contributed by atoms with E-state index < -0.39 is 7.92 Å². The van der Waals surface area contributed by atoms with E-state index in [-0.39, 0.29) is 12.2 Å². The molecule has 0 N–H and O–H groups in total. The quantitative estimate of drug-likeness (QED) is 0.518. The normalized spacial score (nSPS) is 25.3. The lowest BCUT2D eigenvalue weighted by Gasteiger charge is -2.25. The van der Waals surface area contributed by atoms with Gasteiger partial charge in [-0.15, -0.1) is 0 Å². The summed E-state index contributed by atoms with van der Waals surface area (Å²) in [6.07, 6.45) is 2.56. The number of hydrogen-bond acceptors (Lipinski definition) is 2. The second kappa shape index (κ2) is 8.51. The summed E-state index contributed by atoms with van der Waals surface area (Å²) >= 11 is 0. The van der Waals surface area contributed by atoms with Gasteiger partial charge in [-0.25, -0.2) is 0 Å². The van der Waals surface area contributed by atoms with Crippen molar-refractivity contribution in [1.29, 1.82) is 0 Å². The standard InChI is InChI=1S/C28H31O2P/c1-18-16-23-21(27(18)29-3)12-8-14-25(23)31(20-10-6-5-7-11-20)26-15-9-13-22-24(26)17-19(2)28(22)30-4/h5-15,18-19,27-28H,16-17H2,1-4H3. The van der Waals surface area contributed by atoms with Gasteiger partial charge in [-0.3, -0.25) is 0 Å². The first-order valence-corrected chi connectivity index (χ1v) is 12.6. The van der Waals surface area contributed by atoms with Gasteiger partial charge < -0.3 is 9.47 Å². The van der Waals surface area contributed by atoms with Crippen LogP contribution in [0.25, 0.3) is 0 Å². The van der Waals surface area contributed by atoms with E-state index in [1.165, 1.54) is 38.2 Å². The summed E-state index contributed by atoms with van der Waals surface area (Å²) in [5, 5.41) is 4.40. The van der Waals surface area contributed by atoms with Crippen LogP contribution in [0.3, 0.4) is 0 Å². The molecule has 0 spiro atoms. The Balaban J connectivity index is 1.72. The van der Waals surface area contributed by atoms with Crippen molar-refractivity contribution >= 4 is 23.8 Å². The summed E-state index contributed by atoms with van der Waals surface area (Å²) in [5.74, 6) is 1.02. The Hall–Kier alpha value is -1.99. The van der Waals surface area contributed by atoms with Crippen molar-refractivity contribution in [3.05, 3.63) is 89.0 Å². The van der Waals surface area contributed by atoms with Crippen LogP contribution in [0.15, 0.2) is 66.7 Å². The third-order valence-corrected chi connectivity index (χ3v) is 9.69. The number of hydrogen-bond donors (Lipinski definition) is 0. The van der Waals surface area contributed by atoms with Gasteiger partial charge in [-0.2, -0.15) is 0 Å². The molecule has 3 aromatic rings. The monoisotopic (exact) mass is 430 g/mol. The number of rotatable bonds is 5. The van der Waals surface area contributed by atoms with Crippen molar-refractivity contribution in [2.45, 2.75) is 38.9 Å². The lowest BCUT2D eigenvalue weighted by Crippen LogP contribution is -2.26. The summed E-state index contributed by atoms with van der Waals surface area (Å²) < 4.78 is 11.8.